The first kappa shape index (κ1) is 8.85. The molecule has 0 aromatic heterocycles. The molecule has 0 saturated heterocycles. The zero-order valence-electron chi connectivity index (χ0n) is 6.14. The first-order chi connectivity index (χ1) is 4.97. The highest BCUT2D eigenvalue weighted by Gasteiger charge is 2.05. The van der Waals surface area contributed by atoms with Gasteiger partial charge in [-0.15, -0.1) is 0 Å². The number of aryl methyl sites for hydroxylation is 2. The lowest BCUT2D eigenvalue weighted by molar-refractivity contribution is 0.685. The molecule has 1 aliphatic carbocycles. The van der Waals surface area contributed by atoms with Crippen LogP contribution < -0.4 is 0 Å². The molecule has 0 nitrogen and oxygen atoms in total. The van der Waals surface area contributed by atoms with Crippen LogP contribution in [0.1, 0.15) is 24.0 Å². The zero-order valence-corrected chi connectivity index (χ0v) is 6.14. The van der Waals surface area contributed by atoms with E-state index in [0.29, 0.717) is 0 Å². The van der Waals surface area contributed by atoms with Crippen molar-refractivity contribution in [2.24, 2.45) is 0 Å². The molecule has 0 aliphatic heterocycles. The van der Waals surface area contributed by atoms with Crippen LogP contribution in [0.5, 0.6) is 0 Å². The second kappa shape index (κ2) is 3.95. The minimum Gasteiger partial charge on any atom is -0.0620 e. The van der Waals surface area contributed by atoms with Crippen LogP contribution in [0, 0.1) is 0 Å². The predicted octanol–water partition coefficient (Wildman–Crippen LogP) is 1.38. The van der Waals surface area contributed by atoms with Crippen molar-refractivity contribution in [3.63, 3.8) is 0 Å². The standard InChI is InChI=1S/C10H12.Al.3H/c1-2-6-10-8-4-3-7-9(10)5-1;;;;/h1-2,5-6H,3-4,7-8H2;;;;. The summed E-state index contributed by atoms with van der Waals surface area (Å²) in [7, 11) is 0. The van der Waals surface area contributed by atoms with Crippen LogP contribution in [0.3, 0.4) is 0 Å². The van der Waals surface area contributed by atoms with Gasteiger partial charge < -0.3 is 0 Å². The van der Waals surface area contributed by atoms with E-state index in [0.717, 1.165) is 0 Å². The lowest BCUT2D eigenvalue weighted by Crippen LogP contribution is -2.00. The van der Waals surface area contributed by atoms with Crippen molar-refractivity contribution in [3.05, 3.63) is 35.4 Å². The van der Waals surface area contributed by atoms with E-state index in [4.69, 9.17) is 0 Å². The molecule has 0 saturated carbocycles. The Hall–Kier alpha value is -0.248. The fourth-order valence-corrected chi connectivity index (χ4v) is 1.68. The van der Waals surface area contributed by atoms with Gasteiger partial charge in [-0.1, -0.05) is 24.3 Å². The number of hydrogen-bond acceptors (Lipinski definition) is 0. The van der Waals surface area contributed by atoms with Gasteiger partial charge >= 0.3 is 0 Å². The summed E-state index contributed by atoms with van der Waals surface area (Å²) in [6.45, 7) is 0. The summed E-state index contributed by atoms with van der Waals surface area (Å²) in [4.78, 5) is 0. The van der Waals surface area contributed by atoms with Gasteiger partial charge in [0.2, 0.25) is 0 Å². The van der Waals surface area contributed by atoms with E-state index in [1.807, 2.05) is 0 Å². The van der Waals surface area contributed by atoms with E-state index in [1.54, 1.807) is 11.1 Å². The summed E-state index contributed by atoms with van der Waals surface area (Å²) in [6.07, 6.45) is 5.38. The summed E-state index contributed by atoms with van der Waals surface area (Å²) in [6, 6.07) is 8.80. The van der Waals surface area contributed by atoms with Crippen molar-refractivity contribution in [2.75, 3.05) is 0 Å². The number of fused-ring (bicyclic) bond motifs is 1. The Bertz CT molecular complexity index is 205. The molecule has 0 amide bonds. The molecule has 0 spiro atoms. The monoisotopic (exact) mass is 162 g/mol. The van der Waals surface area contributed by atoms with Gasteiger partial charge in [0.15, 0.2) is 17.4 Å². The largest absolute Gasteiger partial charge is 0.187 e. The van der Waals surface area contributed by atoms with E-state index >= 15 is 0 Å². The Kier molecular flexibility index (Phi) is 3.18. The summed E-state index contributed by atoms with van der Waals surface area (Å²) in [5.41, 5.74) is 3.16. The minimum atomic E-state index is 0. The first-order valence-electron chi connectivity index (χ1n) is 4.03. The third-order valence-corrected chi connectivity index (χ3v) is 2.26. The van der Waals surface area contributed by atoms with Gasteiger partial charge in [0.1, 0.15) is 0 Å². The van der Waals surface area contributed by atoms with Crippen molar-refractivity contribution in [3.8, 4) is 0 Å². The van der Waals surface area contributed by atoms with Crippen LogP contribution in [0.15, 0.2) is 24.3 Å². The van der Waals surface area contributed by atoms with Crippen molar-refractivity contribution < 1.29 is 0 Å². The SMILES string of the molecule is [AlH3].c1ccc2c(c1)CCCC2. The zero-order chi connectivity index (χ0) is 6.81. The molecule has 58 valence electrons. The lowest BCUT2D eigenvalue weighted by atomic mass is 9.92. The summed E-state index contributed by atoms with van der Waals surface area (Å²) in [5, 5.41) is 0. The van der Waals surface area contributed by atoms with E-state index in [1.165, 1.54) is 25.7 Å². The van der Waals surface area contributed by atoms with Crippen molar-refractivity contribution in [1.29, 1.82) is 0 Å². The van der Waals surface area contributed by atoms with Crippen LogP contribution in [-0.2, 0) is 12.8 Å². The van der Waals surface area contributed by atoms with Crippen LogP contribution in [0.2, 0.25) is 0 Å². The third-order valence-electron chi connectivity index (χ3n) is 2.26. The first-order valence-corrected chi connectivity index (χ1v) is 4.03. The van der Waals surface area contributed by atoms with Crippen LogP contribution in [0.4, 0.5) is 0 Å². The molecule has 1 aliphatic rings. The fourth-order valence-electron chi connectivity index (χ4n) is 1.68. The van der Waals surface area contributed by atoms with Gasteiger partial charge in [-0.2, -0.15) is 0 Å². The van der Waals surface area contributed by atoms with Crippen LogP contribution in [-0.4, -0.2) is 17.4 Å². The van der Waals surface area contributed by atoms with Crippen LogP contribution in [0.25, 0.3) is 0 Å². The summed E-state index contributed by atoms with van der Waals surface area (Å²) < 4.78 is 0. The maximum atomic E-state index is 2.26. The number of rotatable bonds is 0. The molecule has 1 heteroatoms. The average molecular weight is 162 g/mol. The molecule has 1 aromatic carbocycles. The van der Waals surface area contributed by atoms with Crippen molar-refractivity contribution in [1.82, 2.24) is 0 Å². The van der Waals surface area contributed by atoms with Gasteiger partial charge in [0.25, 0.3) is 0 Å². The van der Waals surface area contributed by atoms with Crippen molar-refractivity contribution >= 4 is 17.4 Å². The quantitative estimate of drug-likeness (QED) is 0.506. The van der Waals surface area contributed by atoms with Gasteiger partial charge in [-0.05, 0) is 36.8 Å². The molecule has 2 rings (SSSR count). The van der Waals surface area contributed by atoms with E-state index in [-0.39, 0.29) is 17.4 Å². The third kappa shape index (κ3) is 1.86. The van der Waals surface area contributed by atoms with E-state index in [9.17, 15) is 0 Å². The summed E-state index contributed by atoms with van der Waals surface area (Å²) >= 11 is 0. The summed E-state index contributed by atoms with van der Waals surface area (Å²) in [5.74, 6) is 0. The molecule has 0 heterocycles. The van der Waals surface area contributed by atoms with Gasteiger partial charge in [-0.3, -0.25) is 0 Å². The normalized spacial score (nSPS) is 14.9. The van der Waals surface area contributed by atoms with Gasteiger partial charge in [-0.25, -0.2) is 0 Å². The van der Waals surface area contributed by atoms with Crippen LogP contribution >= 0.6 is 0 Å². The molecular formula is C10H15Al. The van der Waals surface area contributed by atoms with Gasteiger partial charge in [0, 0.05) is 0 Å². The number of benzene rings is 1. The highest BCUT2D eigenvalue weighted by molar-refractivity contribution is 5.75. The second-order valence-corrected chi connectivity index (χ2v) is 2.98. The van der Waals surface area contributed by atoms with E-state index < -0.39 is 0 Å². The Morgan fingerprint density at radius 3 is 1.73 bits per heavy atom. The minimum absolute atomic E-state index is 0. The fraction of sp³-hybridized carbons (Fsp3) is 0.400. The molecule has 0 N–H and O–H groups in total. The Morgan fingerprint density at radius 2 is 1.27 bits per heavy atom. The molecule has 1 aromatic rings. The Balaban J connectivity index is 0.000000605. The van der Waals surface area contributed by atoms with E-state index in [2.05, 4.69) is 24.3 Å². The highest BCUT2D eigenvalue weighted by atomic mass is 27.0. The Labute approximate surface area is 78.8 Å². The smallest absolute Gasteiger partial charge is 0.0620 e. The maximum Gasteiger partial charge on any atom is 0.187 e. The molecule has 11 heavy (non-hydrogen) atoms. The molecule has 0 atom stereocenters. The molecule has 0 fully saturated rings. The average Bonchev–Trinajstić information content (AvgIpc) is 2.05. The Morgan fingerprint density at radius 1 is 0.818 bits per heavy atom. The van der Waals surface area contributed by atoms with Crippen molar-refractivity contribution in [2.45, 2.75) is 25.7 Å². The predicted molar refractivity (Wildman–Crippen MR) is 53.0 cm³/mol. The molecular weight excluding hydrogens is 147 g/mol. The topological polar surface area (TPSA) is 0 Å². The molecule has 0 unspecified atom stereocenters. The highest BCUT2D eigenvalue weighted by Crippen LogP contribution is 2.19. The molecule has 0 bridgehead atoms. The number of hydrogen-bond donors (Lipinski definition) is 0. The maximum absolute atomic E-state index is 2.26. The lowest BCUT2D eigenvalue weighted by Gasteiger charge is -2.13. The second-order valence-electron chi connectivity index (χ2n) is 2.98. The molecule has 0 radical (unpaired) electrons. The van der Waals surface area contributed by atoms with Gasteiger partial charge in [0.05, 0.1) is 0 Å².